The molecule has 1 aliphatic rings. The van der Waals surface area contributed by atoms with E-state index in [9.17, 15) is 0 Å². The fourth-order valence-corrected chi connectivity index (χ4v) is 2.93. The van der Waals surface area contributed by atoms with Gasteiger partial charge in [-0.15, -0.1) is 0 Å². The fraction of sp³-hybridized carbons (Fsp3) is 0.562. The summed E-state index contributed by atoms with van der Waals surface area (Å²) in [5, 5.41) is 4.21. The molecule has 2 heterocycles. The molecule has 0 bridgehead atoms. The van der Waals surface area contributed by atoms with Crippen LogP contribution < -0.4 is 5.73 Å². The number of nitrogens with two attached hydrogens (primary N) is 1. The minimum atomic E-state index is 0.105. The first-order valence-corrected chi connectivity index (χ1v) is 7.56. The van der Waals surface area contributed by atoms with Gasteiger partial charge in [0.1, 0.15) is 11.5 Å². The number of furan rings is 1. The number of rotatable bonds is 6. The molecule has 2 aromatic heterocycles. The Hall–Kier alpha value is -1.59. The van der Waals surface area contributed by atoms with Crippen LogP contribution in [0, 0.1) is 5.92 Å². The molecule has 0 amide bonds. The van der Waals surface area contributed by atoms with Crippen molar-refractivity contribution in [2.75, 3.05) is 13.6 Å². The van der Waals surface area contributed by atoms with Gasteiger partial charge in [-0.2, -0.15) is 5.10 Å². The minimum absolute atomic E-state index is 0.105. The Morgan fingerprint density at radius 3 is 2.86 bits per heavy atom. The van der Waals surface area contributed by atoms with Gasteiger partial charge in [0, 0.05) is 37.8 Å². The van der Waals surface area contributed by atoms with Crippen molar-refractivity contribution >= 4 is 0 Å². The van der Waals surface area contributed by atoms with Crippen molar-refractivity contribution in [1.82, 2.24) is 14.7 Å². The molecule has 3 rings (SSSR count). The maximum absolute atomic E-state index is 6.05. The summed E-state index contributed by atoms with van der Waals surface area (Å²) < 4.78 is 7.87. The van der Waals surface area contributed by atoms with Gasteiger partial charge in [0.15, 0.2) is 0 Å². The number of likely N-dealkylation sites (N-methyl/N-ethyl adjacent to an activating group) is 1. The summed E-state index contributed by atoms with van der Waals surface area (Å²) in [7, 11) is 4.01. The SMILES string of the molecule is CC1CC1c1ccc(C(CN)N(C)Cc2cnn(C)c2)o1. The van der Waals surface area contributed by atoms with Gasteiger partial charge in [0.05, 0.1) is 12.2 Å². The Morgan fingerprint density at radius 1 is 1.52 bits per heavy atom. The first kappa shape index (κ1) is 14.4. The molecule has 114 valence electrons. The quantitative estimate of drug-likeness (QED) is 0.886. The van der Waals surface area contributed by atoms with E-state index in [2.05, 4.69) is 36.1 Å². The Labute approximate surface area is 125 Å². The van der Waals surface area contributed by atoms with Crippen LogP contribution in [0.1, 0.15) is 42.4 Å². The van der Waals surface area contributed by atoms with Crippen molar-refractivity contribution in [2.24, 2.45) is 18.7 Å². The third-order valence-electron chi connectivity index (χ3n) is 4.40. The number of aromatic nitrogens is 2. The number of aryl methyl sites for hydroxylation is 1. The molecule has 5 nitrogen and oxygen atoms in total. The summed E-state index contributed by atoms with van der Waals surface area (Å²) in [4.78, 5) is 2.22. The highest BCUT2D eigenvalue weighted by Crippen LogP contribution is 2.47. The number of hydrogen-bond acceptors (Lipinski definition) is 4. The van der Waals surface area contributed by atoms with Crippen LogP contribution >= 0.6 is 0 Å². The molecule has 2 N–H and O–H groups in total. The van der Waals surface area contributed by atoms with E-state index in [-0.39, 0.29) is 6.04 Å². The molecule has 3 unspecified atom stereocenters. The Morgan fingerprint density at radius 2 is 2.29 bits per heavy atom. The van der Waals surface area contributed by atoms with Crippen molar-refractivity contribution in [3.05, 3.63) is 41.6 Å². The summed E-state index contributed by atoms with van der Waals surface area (Å²) in [6, 6.07) is 4.30. The summed E-state index contributed by atoms with van der Waals surface area (Å²) in [6.07, 6.45) is 5.17. The van der Waals surface area contributed by atoms with Crippen LogP contribution in [0.15, 0.2) is 28.9 Å². The van der Waals surface area contributed by atoms with Crippen LogP contribution in [-0.4, -0.2) is 28.3 Å². The van der Waals surface area contributed by atoms with Gasteiger partial charge in [0.25, 0.3) is 0 Å². The van der Waals surface area contributed by atoms with E-state index in [1.165, 1.54) is 12.0 Å². The van der Waals surface area contributed by atoms with Crippen molar-refractivity contribution in [2.45, 2.75) is 31.8 Å². The zero-order valence-electron chi connectivity index (χ0n) is 13.0. The lowest BCUT2D eigenvalue weighted by atomic mass is 10.2. The van der Waals surface area contributed by atoms with Gasteiger partial charge in [-0.1, -0.05) is 6.92 Å². The van der Waals surface area contributed by atoms with Gasteiger partial charge in [0.2, 0.25) is 0 Å². The molecule has 1 aliphatic carbocycles. The summed E-state index contributed by atoms with van der Waals surface area (Å²) in [5.74, 6) is 3.46. The third kappa shape index (κ3) is 3.04. The molecule has 0 saturated heterocycles. The molecule has 0 aliphatic heterocycles. The molecular formula is C16H24N4O. The highest BCUT2D eigenvalue weighted by Gasteiger charge is 2.37. The first-order chi connectivity index (χ1) is 10.1. The minimum Gasteiger partial charge on any atom is -0.464 e. The summed E-state index contributed by atoms with van der Waals surface area (Å²) >= 11 is 0. The molecule has 21 heavy (non-hydrogen) atoms. The monoisotopic (exact) mass is 288 g/mol. The topological polar surface area (TPSA) is 60.2 Å². The van der Waals surface area contributed by atoms with Crippen LogP contribution in [0.3, 0.4) is 0 Å². The van der Waals surface area contributed by atoms with E-state index in [0.29, 0.717) is 12.5 Å². The van der Waals surface area contributed by atoms with Crippen LogP contribution in [-0.2, 0) is 13.6 Å². The molecule has 1 fully saturated rings. The first-order valence-electron chi connectivity index (χ1n) is 7.56. The van der Waals surface area contributed by atoms with Gasteiger partial charge >= 0.3 is 0 Å². The van der Waals surface area contributed by atoms with E-state index in [1.807, 2.05) is 24.1 Å². The highest BCUT2D eigenvalue weighted by atomic mass is 16.3. The molecule has 0 radical (unpaired) electrons. The van der Waals surface area contributed by atoms with Gasteiger partial charge in [-0.05, 0) is 31.5 Å². The molecular weight excluding hydrogens is 264 g/mol. The Kier molecular flexibility index (Phi) is 3.87. The number of hydrogen-bond donors (Lipinski definition) is 1. The maximum Gasteiger partial charge on any atom is 0.122 e. The normalized spacial score (nSPS) is 22.7. The van der Waals surface area contributed by atoms with Crippen molar-refractivity contribution in [1.29, 1.82) is 0 Å². The van der Waals surface area contributed by atoms with E-state index in [4.69, 9.17) is 10.2 Å². The second kappa shape index (κ2) is 5.66. The van der Waals surface area contributed by atoms with Gasteiger partial charge in [-0.25, -0.2) is 0 Å². The fourth-order valence-electron chi connectivity index (χ4n) is 2.93. The second-order valence-electron chi connectivity index (χ2n) is 6.25. The molecule has 0 spiro atoms. The average molecular weight is 288 g/mol. The predicted molar refractivity (Wildman–Crippen MR) is 81.7 cm³/mol. The van der Waals surface area contributed by atoms with Crippen molar-refractivity contribution in [3.8, 4) is 0 Å². The van der Waals surface area contributed by atoms with Gasteiger partial charge < -0.3 is 10.2 Å². The number of nitrogens with zero attached hydrogens (tertiary/aromatic N) is 3. The summed E-state index contributed by atoms with van der Waals surface area (Å²) in [5.41, 5.74) is 7.15. The van der Waals surface area contributed by atoms with Crippen LogP contribution in [0.5, 0.6) is 0 Å². The zero-order chi connectivity index (χ0) is 15.0. The second-order valence-corrected chi connectivity index (χ2v) is 6.25. The third-order valence-corrected chi connectivity index (χ3v) is 4.40. The lowest BCUT2D eigenvalue weighted by Crippen LogP contribution is -2.29. The molecule has 5 heteroatoms. The van der Waals surface area contributed by atoms with E-state index in [1.54, 1.807) is 0 Å². The van der Waals surface area contributed by atoms with Crippen molar-refractivity contribution in [3.63, 3.8) is 0 Å². The smallest absolute Gasteiger partial charge is 0.122 e. The predicted octanol–water partition coefficient (Wildman–Crippen LogP) is 2.27. The van der Waals surface area contributed by atoms with Crippen LogP contribution in [0.2, 0.25) is 0 Å². The Balaban J connectivity index is 1.70. The molecule has 2 aromatic rings. The van der Waals surface area contributed by atoms with Crippen LogP contribution in [0.4, 0.5) is 0 Å². The lowest BCUT2D eigenvalue weighted by Gasteiger charge is -2.24. The van der Waals surface area contributed by atoms with Crippen LogP contribution in [0.25, 0.3) is 0 Å². The summed E-state index contributed by atoms with van der Waals surface area (Å²) in [6.45, 7) is 3.62. The zero-order valence-corrected chi connectivity index (χ0v) is 13.0. The van der Waals surface area contributed by atoms with E-state index < -0.39 is 0 Å². The largest absolute Gasteiger partial charge is 0.464 e. The Bertz CT molecular complexity index is 603. The molecule has 3 atom stereocenters. The van der Waals surface area contributed by atoms with E-state index >= 15 is 0 Å². The van der Waals surface area contributed by atoms with Gasteiger partial charge in [-0.3, -0.25) is 9.58 Å². The highest BCUT2D eigenvalue weighted by molar-refractivity contribution is 5.19. The maximum atomic E-state index is 6.05. The van der Waals surface area contributed by atoms with E-state index in [0.717, 1.165) is 24.0 Å². The molecule has 1 saturated carbocycles. The standard InChI is InChI=1S/C16H24N4O/c1-11-6-13(11)15-4-5-16(21-15)14(7-17)19(2)9-12-8-18-20(3)10-12/h4-5,8,10-11,13-14H,6-7,9,17H2,1-3H3. The lowest BCUT2D eigenvalue weighted by molar-refractivity contribution is 0.210. The molecule has 0 aromatic carbocycles. The average Bonchev–Trinajstić information content (AvgIpc) is 2.85. The van der Waals surface area contributed by atoms with Crippen molar-refractivity contribution < 1.29 is 4.42 Å².